The van der Waals surface area contributed by atoms with Gasteiger partial charge in [0.1, 0.15) is 6.61 Å². The zero-order valence-electron chi connectivity index (χ0n) is 13.7. The van der Waals surface area contributed by atoms with E-state index in [0.717, 1.165) is 11.6 Å². The second-order valence-electron chi connectivity index (χ2n) is 6.44. The molecule has 6 heteroatoms. The van der Waals surface area contributed by atoms with Crippen molar-refractivity contribution in [1.82, 2.24) is 0 Å². The maximum Gasteiger partial charge on any atom is 0.339 e. The standard InChI is InChI=1S/C18H18ClNO4/c1-18(2,3)13-6-4-12(5-7-13)11-24-17(21)15-9-8-14(20(22)23)10-16(15)19/h4-10H,11H2,1-3H3. The molecule has 0 aliphatic rings. The van der Waals surface area contributed by atoms with Crippen LogP contribution in [0.2, 0.25) is 5.02 Å². The molecule has 0 spiro atoms. The number of esters is 1. The third kappa shape index (κ3) is 4.32. The molecule has 0 aliphatic heterocycles. The topological polar surface area (TPSA) is 69.4 Å². The van der Waals surface area contributed by atoms with E-state index in [9.17, 15) is 14.9 Å². The number of benzene rings is 2. The summed E-state index contributed by atoms with van der Waals surface area (Å²) >= 11 is 5.92. The van der Waals surface area contributed by atoms with Crippen molar-refractivity contribution in [1.29, 1.82) is 0 Å². The van der Waals surface area contributed by atoms with Crippen molar-refractivity contribution >= 4 is 23.3 Å². The summed E-state index contributed by atoms with van der Waals surface area (Å²) in [5.41, 5.74) is 2.04. The number of halogens is 1. The number of non-ortho nitro benzene ring substituents is 1. The summed E-state index contributed by atoms with van der Waals surface area (Å²) in [6.45, 7) is 6.48. The van der Waals surface area contributed by atoms with Crippen LogP contribution in [0.1, 0.15) is 42.3 Å². The molecular weight excluding hydrogens is 330 g/mol. The fraction of sp³-hybridized carbons (Fsp3) is 0.278. The minimum absolute atomic E-state index is 0.00252. The molecule has 5 nitrogen and oxygen atoms in total. The van der Waals surface area contributed by atoms with Gasteiger partial charge in [-0.15, -0.1) is 0 Å². The maximum atomic E-state index is 12.1. The Bertz CT molecular complexity index is 764. The van der Waals surface area contributed by atoms with Gasteiger partial charge < -0.3 is 4.74 Å². The van der Waals surface area contributed by atoms with Gasteiger partial charge in [0, 0.05) is 12.1 Å². The van der Waals surface area contributed by atoms with Crippen molar-refractivity contribution in [3.63, 3.8) is 0 Å². The number of nitro groups is 1. The van der Waals surface area contributed by atoms with E-state index in [-0.39, 0.29) is 28.3 Å². The molecule has 0 N–H and O–H groups in total. The Kier molecular flexibility index (Phi) is 5.24. The minimum Gasteiger partial charge on any atom is -0.457 e. The van der Waals surface area contributed by atoms with Crippen LogP contribution in [0.3, 0.4) is 0 Å². The van der Waals surface area contributed by atoms with Crippen LogP contribution in [-0.2, 0) is 16.8 Å². The maximum absolute atomic E-state index is 12.1. The summed E-state index contributed by atoms with van der Waals surface area (Å²) in [7, 11) is 0. The van der Waals surface area contributed by atoms with Gasteiger partial charge in [0.05, 0.1) is 15.5 Å². The normalized spacial score (nSPS) is 11.2. The van der Waals surface area contributed by atoms with Crippen LogP contribution in [0.15, 0.2) is 42.5 Å². The average molecular weight is 348 g/mol. The van der Waals surface area contributed by atoms with Gasteiger partial charge in [-0.3, -0.25) is 10.1 Å². The lowest BCUT2D eigenvalue weighted by Crippen LogP contribution is -2.11. The molecule has 2 aromatic rings. The van der Waals surface area contributed by atoms with Gasteiger partial charge in [-0.05, 0) is 22.6 Å². The third-order valence-electron chi connectivity index (χ3n) is 3.57. The van der Waals surface area contributed by atoms with Gasteiger partial charge in [0.15, 0.2) is 0 Å². The van der Waals surface area contributed by atoms with Crippen molar-refractivity contribution in [2.24, 2.45) is 0 Å². The molecule has 0 saturated carbocycles. The molecule has 2 aromatic carbocycles. The van der Waals surface area contributed by atoms with Crippen LogP contribution < -0.4 is 0 Å². The molecular formula is C18H18ClNO4. The van der Waals surface area contributed by atoms with E-state index in [1.165, 1.54) is 17.7 Å². The molecule has 0 fully saturated rings. The fourth-order valence-corrected chi connectivity index (χ4v) is 2.36. The predicted molar refractivity (Wildman–Crippen MR) is 92.4 cm³/mol. The number of carbonyl (C=O) groups excluding carboxylic acids is 1. The van der Waals surface area contributed by atoms with Crippen LogP contribution in [-0.4, -0.2) is 10.9 Å². The Labute approximate surface area is 145 Å². The van der Waals surface area contributed by atoms with Crippen LogP contribution in [0.25, 0.3) is 0 Å². The Morgan fingerprint density at radius 2 is 1.79 bits per heavy atom. The first-order valence-electron chi connectivity index (χ1n) is 7.39. The van der Waals surface area contributed by atoms with Gasteiger partial charge in [0.25, 0.3) is 5.69 Å². The average Bonchev–Trinajstić information content (AvgIpc) is 2.52. The fourth-order valence-electron chi connectivity index (χ4n) is 2.11. The molecule has 0 heterocycles. The number of hydrogen-bond acceptors (Lipinski definition) is 4. The van der Waals surface area contributed by atoms with Gasteiger partial charge in [-0.25, -0.2) is 4.79 Å². The number of ether oxygens (including phenoxy) is 1. The lowest BCUT2D eigenvalue weighted by Gasteiger charge is -2.19. The second-order valence-corrected chi connectivity index (χ2v) is 6.85. The van der Waals surface area contributed by atoms with Gasteiger partial charge in [-0.1, -0.05) is 56.6 Å². The minimum atomic E-state index is -0.616. The predicted octanol–water partition coefficient (Wildman–Crippen LogP) is 4.90. The first-order valence-corrected chi connectivity index (χ1v) is 7.77. The second kappa shape index (κ2) is 7.01. The van der Waals surface area contributed by atoms with E-state index in [1.807, 2.05) is 24.3 Å². The van der Waals surface area contributed by atoms with Crippen molar-refractivity contribution in [2.75, 3.05) is 0 Å². The summed E-state index contributed by atoms with van der Waals surface area (Å²) in [5, 5.41) is 10.7. The van der Waals surface area contributed by atoms with Crippen molar-refractivity contribution in [2.45, 2.75) is 32.8 Å². The zero-order valence-corrected chi connectivity index (χ0v) is 14.5. The molecule has 0 bridgehead atoms. The van der Waals surface area contributed by atoms with Crippen LogP contribution in [0.4, 0.5) is 5.69 Å². The number of hydrogen-bond donors (Lipinski definition) is 0. The molecule has 0 aliphatic carbocycles. The highest BCUT2D eigenvalue weighted by atomic mass is 35.5. The lowest BCUT2D eigenvalue weighted by atomic mass is 9.87. The highest BCUT2D eigenvalue weighted by molar-refractivity contribution is 6.33. The van der Waals surface area contributed by atoms with Crippen molar-refractivity contribution in [3.05, 3.63) is 74.3 Å². The summed E-state index contributed by atoms with van der Waals surface area (Å²) in [5.74, 6) is -0.616. The molecule has 0 amide bonds. The molecule has 0 unspecified atom stereocenters. The van der Waals surface area contributed by atoms with E-state index >= 15 is 0 Å². The van der Waals surface area contributed by atoms with E-state index in [1.54, 1.807) is 0 Å². The Balaban J connectivity index is 2.04. The number of nitro benzene ring substituents is 1. The molecule has 24 heavy (non-hydrogen) atoms. The summed E-state index contributed by atoms with van der Waals surface area (Å²) in [4.78, 5) is 22.2. The quantitative estimate of drug-likeness (QED) is 0.448. The van der Waals surface area contributed by atoms with Crippen LogP contribution in [0.5, 0.6) is 0 Å². The Morgan fingerprint density at radius 1 is 1.17 bits per heavy atom. The lowest BCUT2D eigenvalue weighted by molar-refractivity contribution is -0.384. The smallest absolute Gasteiger partial charge is 0.339 e. The van der Waals surface area contributed by atoms with Gasteiger partial charge in [-0.2, -0.15) is 0 Å². The molecule has 0 saturated heterocycles. The van der Waals surface area contributed by atoms with Gasteiger partial charge in [0.2, 0.25) is 0 Å². The van der Waals surface area contributed by atoms with Crippen LogP contribution in [0, 0.1) is 10.1 Å². The number of carbonyl (C=O) groups is 1. The molecule has 126 valence electrons. The molecule has 2 rings (SSSR count). The molecule has 0 atom stereocenters. The van der Waals surface area contributed by atoms with Crippen LogP contribution >= 0.6 is 11.6 Å². The third-order valence-corrected chi connectivity index (χ3v) is 3.89. The Hall–Kier alpha value is -2.40. The van der Waals surface area contributed by atoms with Crippen molar-refractivity contribution in [3.8, 4) is 0 Å². The highest BCUT2D eigenvalue weighted by Gasteiger charge is 2.17. The zero-order chi connectivity index (χ0) is 17.9. The summed E-state index contributed by atoms with van der Waals surface area (Å²) in [6.07, 6.45) is 0. The monoisotopic (exact) mass is 347 g/mol. The largest absolute Gasteiger partial charge is 0.457 e. The van der Waals surface area contributed by atoms with Crippen molar-refractivity contribution < 1.29 is 14.5 Å². The Morgan fingerprint density at radius 3 is 2.29 bits per heavy atom. The summed E-state index contributed by atoms with van der Waals surface area (Å²) in [6, 6.07) is 11.5. The number of nitrogens with zero attached hydrogens (tertiary/aromatic N) is 1. The van der Waals surface area contributed by atoms with E-state index in [4.69, 9.17) is 16.3 Å². The SMILES string of the molecule is CC(C)(C)c1ccc(COC(=O)c2ccc([N+](=O)[O-])cc2Cl)cc1. The molecule has 0 aromatic heterocycles. The summed E-state index contributed by atoms with van der Waals surface area (Å²) < 4.78 is 5.23. The van der Waals surface area contributed by atoms with E-state index < -0.39 is 10.9 Å². The first kappa shape index (κ1) is 17.9. The van der Waals surface area contributed by atoms with Gasteiger partial charge >= 0.3 is 5.97 Å². The van der Waals surface area contributed by atoms with E-state index in [0.29, 0.717) is 0 Å². The first-order chi connectivity index (χ1) is 11.2. The molecule has 0 radical (unpaired) electrons. The highest BCUT2D eigenvalue weighted by Crippen LogP contribution is 2.24. The van der Waals surface area contributed by atoms with E-state index in [2.05, 4.69) is 20.8 Å². The number of rotatable bonds is 4.